The summed E-state index contributed by atoms with van der Waals surface area (Å²) in [6, 6.07) is 0. The topological polar surface area (TPSA) is 17.1 Å². The van der Waals surface area contributed by atoms with E-state index in [9.17, 15) is 4.79 Å². The Bertz CT molecular complexity index is 197. The van der Waals surface area contributed by atoms with Gasteiger partial charge in [-0.05, 0) is 20.3 Å². The van der Waals surface area contributed by atoms with Gasteiger partial charge in [0, 0.05) is 15.9 Å². The van der Waals surface area contributed by atoms with Crippen LogP contribution in [0.25, 0.3) is 0 Å². The normalized spacial score (nSPS) is 14.1. The molecule has 0 aromatic rings. The highest BCUT2D eigenvalue weighted by Gasteiger charge is 2.22. The summed E-state index contributed by atoms with van der Waals surface area (Å²) in [5.74, 6) is 0. The molecule has 0 aromatic heterocycles. The van der Waals surface area contributed by atoms with Gasteiger partial charge < -0.3 is 4.79 Å². The molecule has 0 saturated heterocycles. The zero-order valence-electron chi connectivity index (χ0n) is 10.1. The smallest absolute Gasteiger partial charge is 0.120 e. The van der Waals surface area contributed by atoms with Crippen LogP contribution in [-0.4, -0.2) is 15.8 Å². The number of aldehydes is 1. The van der Waals surface area contributed by atoms with Crippen molar-refractivity contribution in [2.24, 2.45) is 0 Å². The Morgan fingerprint density at radius 3 is 2.15 bits per heavy atom. The predicted molar refractivity (Wildman–Crippen MR) is 64.3 cm³/mol. The molecule has 3 heteroatoms. The average Bonchev–Trinajstić information content (AvgIpc) is 1.97. The Kier molecular flexibility index (Phi) is 4.67. The largest absolute Gasteiger partial charge is 0.303 e. The summed E-state index contributed by atoms with van der Waals surface area (Å²) in [6.07, 6.45) is 0.688. The monoisotopic (exact) mass is 221 g/mol. The molecule has 0 radical (unpaired) electrons. The van der Waals surface area contributed by atoms with E-state index in [1.165, 1.54) is 0 Å². The van der Waals surface area contributed by atoms with Crippen molar-refractivity contribution >= 4 is 27.9 Å². The highest BCUT2D eigenvalue weighted by Crippen LogP contribution is 2.44. The molecule has 0 spiro atoms. The lowest BCUT2D eigenvalue weighted by Crippen LogP contribution is -2.16. The molecule has 0 heterocycles. The van der Waals surface area contributed by atoms with Crippen molar-refractivity contribution in [3.8, 4) is 0 Å². The molecule has 0 unspecified atom stereocenters. The number of hydrogen-bond acceptors (Lipinski definition) is 3. The Morgan fingerprint density at radius 2 is 1.77 bits per heavy atom. The zero-order chi connectivity index (χ0) is 11.4. The van der Waals surface area contributed by atoms with Crippen LogP contribution in [0, 0.1) is 0 Å². The third kappa shape index (κ3) is 8.69. The minimum Gasteiger partial charge on any atom is -0.303 e. The Balaban J connectivity index is 3.89. The first-order valence-corrected chi connectivity index (χ1v) is 6.64. The van der Waals surface area contributed by atoms with E-state index in [1.54, 1.807) is 0 Å². The third-order valence-electron chi connectivity index (χ3n) is 1.35. The number of hydrogen-bond donors (Lipinski definition) is 0. The van der Waals surface area contributed by atoms with Crippen LogP contribution in [0.4, 0.5) is 0 Å². The molecule has 78 valence electrons. The molecule has 1 nitrogen and oxygen atoms in total. The predicted octanol–water partition coefficient (Wildman–Crippen LogP) is 3.92. The van der Waals surface area contributed by atoms with Crippen LogP contribution in [0.2, 0.25) is 0 Å². The molecule has 0 amide bonds. The maximum Gasteiger partial charge on any atom is 0.120 e. The molecule has 0 aromatic carbocycles. The second-order valence-electron chi connectivity index (χ2n) is 4.68. The second kappa shape index (κ2) is 5.30. The fourth-order valence-corrected chi connectivity index (χ4v) is 2.97. The van der Waals surface area contributed by atoms with E-state index in [0.717, 1.165) is 6.42 Å². The molecule has 0 bridgehead atoms. The lowest BCUT2D eigenvalue weighted by molar-refractivity contribution is -0.108. The Labute approximate surface area is 91.2 Å². The summed E-state index contributed by atoms with van der Waals surface area (Å²) < 4.78 is 7.18. The molecule has 0 fully saturated rings. The molecule has 0 rings (SSSR count). The molecule has 0 saturated carbocycles. The fraction of sp³-hybridized carbons (Fsp3) is 0.900. The van der Waals surface area contributed by atoms with Crippen molar-refractivity contribution in [1.29, 1.82) is 0 Å². The van der Waals surface area contributed by atoms with Gasteiger partial charge in [-0.1, -0.05) is 42.4 Å². The molecular formula is C10H20OS2. The van der Waals surface area contributed by atoms with Gasteiger partial charge in [0.15, 0.2) is 0 Å². The standard InChI is InChI=1S/C10H20OS2/c1-9(2,3)12-13-10(4,5)7-6-8-11/h8H,6-7H2,1-5H3/i8D. The van der Waals surface area contributed by atoms with Crippen LogP contribution in [0.1, 0.15) is 48.8 Å². The van der Waals surface area contributed by atoms with E-state index >= 15 is 0 Å². The van der Waals surface area contributed by atoms with E-state index in [-0.39, 0.29) is 9.49 Å². The van der Waals surface area contributed by atoms with Gasteiger partial charge in [0.2, 0.25) is 0 Å². The van der Waals surface area contributed by atoms with E-state index in [4.69, 9.17) is 1.37 Å². The van der Waals surface area contributed by atoms with Crippen LogP contribution in [0.3, 0.4) is 0 Å². The quantitative estimate of drug-likeness (QED) is 0.517. The van der Waals surface area contributed by atoms with Crippen LogP contribution in [-0.2, 0) is 4.79 Å². The fourth-order valence-electron chi connectivity index (χ4n) is 0.632. The second-order valence-corrected chi connectivity index (χ2v) is 8.35. The lowest BCUT2D eigenvalue weighted by Gasteiger charge is -2.26. The molecular weight excluding hydrogens is 200 g/mol. The highest BCUT2D eigenvalue weighted by atomic mass is 33.1. The number of carbonyl (C=O) groups is 1. The first-order chi connectivity index (χ1) is 6.12. The minimum atomic E-state index is -0.459. The SMILES string of the molecule is [2H]C(=O)CCC(C)(C)SSC(C)(C)C. The summed E-state index contributed by atoms with van der Waals surface area (Å²) in [5.41, 5.74) is 0. The molecule has 0 atom stereocenters. The van der Waals surface area contributed by atoms with Gasteiger partial charge in [0.1, 0.15) is 7.63 Å². The summed E-state index contributed by atoms with van der Waals surface area (Å²) in [5, 5.41) is 0. The van der Waals surface area contributed by atoms with Gasteiger partial charge in [-0.15, -0.1) is 0 Å². The lowest BCUT2D eigenvalue weighted by atomic mass is 10.1. The van der Waals surface area contributed by atoms with Crippen LogP contribution in [0.15, 0.2) is 0 Å². The van der Waals surface area contributed by atoms with Gasteiger partial charge in [-0.2, -0.15) is 0 Å². The van der Waals surface area contributed by atoms with E-state index in [0.29, 0.717) is 6.42 Å². The van der Waals surface area contributed by atoms with Gasteiger partial charge >= 0.3 is 0 Å². The van der Waals surface area contributed by atoms with Gasteiger partial charge in [-0.25, -0.2) is 0 Å². The summed E-state index contributed by atoms with van der Waals surface area (Å²) in [7, 11) is 3.65. The van der Waals surface area contributed by atoms with Crippen LogP contribution < -0.4 is 0 Å². The van der Waals surface area contributed by atoms with Crippen LogP contribution >= 0.6 is 21.6 Å². The number of carbonyl (C=O) groups excluding carboxylic acids is 1. The third-order valence-corrected chi connectivity index (χ3v) is 5.69. The van der Waals surface area contributed by atoms with Crippen molar-refractivity contribution in [1.82, 2.24) is 0 Å². The summed E-state index contributed by atoms with van der Waals surface area (Å²) >= 11 is 0. The summed E-state index contributed by atoms with van der Waals surface area (Å²) in [6.45, 7) is 10.8. The zero-order valence-corrected chi connectivity index (χ0v) is 10.8. The highest BCUT2D eigenvalue weighted by molar-refractivity contribution is 8.77. The van der Waals surface area contributed by atoms with Gasteiger partial charge in [0.05, 0.1) is 0 Å². The molecule has 0 aliphatic rings. The van der Waals surface area contributed by atoms with Crippen molar-refractivity contribution in [2.75, 3.05) is 0 Å². The van der Waals surface area contributed by atoms with Crippen molar-refractivity contribution in [3.05, 3.63) is 0 Å². The van der Waals surface area contributed by atoms with E-state index in [1.807, 2.05) is 21.6 Å². The Morgan fingerprint density at radius 1 is 1.23 bits per heavy atom. The van der Waals surface area contributed by atoms with Crippen LogP contribution in [0.5, 0.6) is 0 Å². The average molecular weight is 221 g/mol. The maximum atomic E-state index is 10.5. The van der Waals surface area contributed by atoms with Crippen molar-refractivity contribution in [2.45, 2.75) is 57.0 Å². The first-order valence-electron chi connectivity index (χ1n) is 4.99. The van der Waals surface area contributed by atoms with Crippen molar-refractivity contribution in [3.63, 3.8) is 0 Å². The summed E-state index contributed by atoms with van der Waals surface area (Å²) in [4.78, 5) is 10.5. The van der Waals surface area contributed by atoms with Gasteiger partial charge in [0.25, 0.3) is 0 Å². The Hall–Kier alpha value is 0.370. The van der Waals surface area contributed by atoms with E-state index < -0.39 is 6.26 Å². The van der Waals surface area contributed by atoms with Gasteiger partial charge in [-0.3, -0.25) is 0 Å². The minimum absolute atomic E-state index is 0.0780. The first kappa shape index (κ1) is 11.4. The molecule has 13 heavy (non-hydrogen) atoms. The molecule has 0 aliphatic carbocycles. The van der Waals surface area contributed by atoms with Crippen molar-refractivity contribution < 1.29 is 6.17 Å². The van der Waals surface area contributed by atoms with E-state index in [2.05, 4.69) is 34.6 Å². The molecule has 0 aliphatic heterocycles. The number of rotatable bonds is 5. The maximum absolute atomic E-state index is 10.5. The molecule has 0 N–H and O–H groups in total.